The van der Waals surface area contributed by atoms with Gasteiger partial charge in [0.05, 0.1) is 4.92 Å². The van der Waals surface area contributed by atoms with Crippen molar-refractivity contribution in [3.8, 4) is 0 Å². The van der Waals surface area contributed by atoms with Crippen LogP contribution < -0.4 is 11.0 Å². The Morgan fingerprint density at radius 3 is 2.67 bits per heavy atom. The molecule has 0 saturated carbocycles. The Morgan fingerprint density at radius 1 is 1.67 bits per heavy atom. The quantitative estimate of drug-likeness (QED) is 0.341. The Balaban J connectivity index is 3.54. The van der Waals surface area contributed by atoms with Crippen LogP contribution in [0, 0.1) is 17.0 Å². The van der Waals surface area contributed by atoms with E-state index in [1.165, 1.54) is 13.1 Å². The smallest absolute Gasteiger partial charge is 0.324 e. The summed E-state index contributed by atoms with van der Waals surface area (Å²) in [5.74, 6) is 0. The minimum atomic E-state index is -0.746. The van der Waals surface area contributed by atoms with Gasteiger partial charge in [0, 0.05) is 5.56 Å². The molecule has 0 saturated heterocycles. The van der Waals surface area contributed by atoms with Crippen molar-refractivity contribution in [2.24, 2.45) is 0 Å². The van der Waals surface area contributed by atoms with Crippen molar-refractivity contribution in [3.05, 3.63) is 32.2 Å². The molecule has 1 aromatic heterocycles. The van der Waals surface area contributed by atoms with Crippen LogP contribution in [-0.2, 0) is 0 Å². The van der Waals surface area contributed by atoms with Gasteiger partial charge in [-0.2, -0.15) is 0 Å². The molecular weight excluding hydrogens is 159 g/mol. The topological polar surface area (TPSA) is 76.0 Å². The third-order valence-corrected chi connectivity index (χ3v) is 1.54. The van der Waals surface area contributed by atoms with Gasteiger partial charge in [0.15, 0.2) is 0 Å². The number of aromatic amines is 1. The first-order chi connectivity index (χ1) is 5.54. The van der Waals surface area contributed by atoms with E-state index in [0.29, 0.717) is 0 Å². The zero-order valence-electron chi connectivity index (χ0n) is 6.33. The normalized spacial score (nSPS) is 9.75. The highest BCUT2D eigenvalue weighted by molar-refractivity contribution is 6.33. The maximum atomic E-state index is 10.9. The van der Waals surface area contributed by atoms with Gasteiger partial charge in [-0.25, -0.2) is 0 Å². The van der Waals surface area contributed by atoms with Gasteiger partial charge in [0.2, 0.25) is 0 Å². The number of hydrogen-bond donors (Lipinski definition) is 1. The van der Waals surface area contributed by atoms with E-state index in [2.05, 4.69) is 4.98 Å². The lowest BCUT2D eigenvalue weighted by Crippen LogP contribution is -2.21. The maximum absolute atomic E-state index is 10.9. The molecule has 0 aromatic carbocycles. The minimum absolute atomic E-state index is 0.198. The van der Waals surface area contributed by atoms with E-state index in [4.69, 9.17) is 7.85 Å². The Kier molecular flexibility index (Phi) is 1.99. The van der Waals surface area contributed by atoms with E-state index >= 15 is 0 Å². The summed E-state index contributed by atoms with van der Waals surface area (Å²) in [6.45, 7) is 1.43. The highest BCUT2D eigenvalue weighted by atomic mass is 16.6. The fraction of sp³-hybridized carbons (Fsp3) is 0.167. The first kappa shape index (κ1) is 8.51. The molecule has 0 fully saturated rings. The summed E-state index contributed by atoms with van der Waals surface area (Å²) in [6, 6.07) is 0. The SMILES string of the molecule is [B]c1c[nH]c(=O)c([N+](=O)[O-])c1C. The third-order valence-electron chi connectivity index (χ3n) is 1.54. The van der Waals surface area contributed by atoms with Crippen LogP contribution in [0.25, 0.3) is 0 Å². The molecule has 12 heavy (non-hydrogen) atoms. The average molecular weight is 164 g/mol. The molecule has 0 aliphatic carbocycles. The van der Waals surface area contributed by atoms with Gasteiger partial charge in [-0.1, -0.05) is 5.46 Å². The van der Waals surface area contributed by atoms with Crippen LogP contribution in [0.1, 0.15) is 5.56 Å². The number of aromatic nitrogens is 1. The number of nitrogens with one attached hydrogen (secondary N) is 1. The number of H-pyrrole nitrogens is 1. The van der Waals surface area contributed by atoms with Crippen LogP contribution in [0.15, 0.2) is 11.0 Å². The Bertz CT molecular complexity index is 385. The Labute approximate surface area is 69.0 Å². The lowest BCUT2D eigenvalue weighted by Gasteiger charge is -1.98. The molecule has 0 aliphatic rings. The van der Waals surface area contributed by atoms with Crippen molar-refractivity contribution in [1.82, 2.24) is 4.98 Å². The van der Waals surface area contributed by atoms with Gasteiger partial charge in [0.1, 0.15) is 7.85 Å². The summed E-state index contributed by atoms with van der Waals surface area (Å²) in [6.07, 6.45) is 1.24. The van der Waals surface area contributed by atoms with E-state index < -0.39 is 16.2 Å². The van der Waals surface area contributed by atoms with Crippen molar-refractivity contribution in [1.29, 1.82) is 0 Å². The zero-order chi connectivity index (χ0) is 9.30. The van der Waals surface area contributed by atoms with Crippen LogP contribution >= 0.6 is 0 Å². The maximum Gasteiger partial charge on any atom is 0.336 e. The number of nitrogens with zero attached hydrogens (tertiary/aromatic N) is 1. The summed E-state index contributed by atoms with van der Waals surface area (Å²) in [5.41, 5.74) is -0.813. The van der Waals surface area contributed by atoms with Crippen LogP contribution in [0.4, 0.5) is 5.69 Å². The third kappa shape index (κ3) is 1.23. The second-order valence-corrected chi connectivity index (χ2v) is 2.30. The molecule has 6 heteroatoms. The predicted molar refractivity (Wildman–Crippen MR) is 43.8 cm³/mol. The molecule has 0 aliphatic heterocycles. The molecule has 1 N–H and O–H groups in total. The van der Waals surface area contributed by atoms with Crippen LogP contribution in [0.3, 0.4) is 0 Å². The highest BCUT2D eigenvalue weighted by Crippen LogP contribution is 2.06. The number of nitro groups is 1. The van der Waals surface area contributed by atoms with Crippen LogP contribution in [0.5, 0.6) is 0 Å². The number of hydrogen-bond acceptors (Lipinski definition) is 3. The van der Waals surface area contributed by atoms with Crippen molar-refractivity contribution < 1.29 is 4.92 Å². The predicted octanol–water partition coefficient (Wildman–Crippen LogP) is -0.615. The standard InChI is InChI=1S/C6H5BN2O3/c1-3-4(7)2-8-6(10)5(3)9(11)12/h2H,1H3,(H,8,10). The van der Waals surface area contributed by atoms with E-state index in [9.17, 15) is 14.9 Å². The minimum Gasteiger partial charge on any atom is -0.324 e. The lowest BCUT2D eigenvalue weighted by molar-refractivity contribution is -0.386. The summed E-state index contributed by atoms with van der Waals surface area (Å²) >= 11 is 0. The summed E-state index contributed by atoms with van der Waals surface area (Å²) < 4.78 is 0. The van der Waals surface area contributed by atoms with E-state index in [-0.39, 0.29) is 11.0 Å². The molecule has 1 aromatic rings. The summed E-state index contributed by atoms with van der Waals surface area (Å²) in [5, 5.41) is 10.3. The molecule has 1 rings (SSSR count). The largest absolute Gasteiger partial charge is 0.336 e. The van der Waals surface area contributed by atoms with Crippen molar-refractivity contribution in [3.63, 3.8) is 0 Å². The van der Waals surface area contributed by atoms with Crippen molar-refractivity contribution in [2.75, 3.05) is 0 Å². The molecule has 60 valence electrons. The molecule has 0 amide bonds. The molecular formula is C6H5BN2O3. The number of rotatable bonds is 1. The summed E-state index contributed by atoms with van der Waals surface area (Å²) in [7, 11) is 5.35. The van der Waals surface area contributed by atoms with Crippen LogP contribution in [0.2, 0.25) is 0 Å². The Morgan fingerprint density at radius 2 is 2.25 bits per heavy atom. The van der Waals surface area contributed by atoms with Crippen LogP contribution in [-0.4, -0.2) is 17.8 Å². The van der Waals surface area contributed by atoms with E-state index in [0.717, 1.165) is 0 Å². The fourth-order valence-corrected chi connectivity index (χ4v) is 0.847. The molecule has 0 bridgehead atoms. The van der Waals surface area contributed by atoms with Gasteiger partial charge in [-0.15, -0.1) is 0 Å². The van der Waals surface area contributed by atoms with Crippen molar-refractivity contribution >= 4 is 19.0 Å². The molecule has 2 radical (unpaired) electrons. The van der Waals surface area contributed by atoms with E-state index in [1.807, 2.05) is 0 Å². The molecule has 5 nitrogen and oxygen atoms in total. The molecule has 1 heterocycles. The molecule has 0 atom stereocenters. The van der Waals surface area contributed by atoms with Gasteiger partial charge in [-0.05, 0) is 13.1 Å². The fourth-order valence-electron chi connectivity index (χ4n) is 0.847. The highest BCUT2D eigenvalue weighted by Gasteiger charge is 2.16. The van der Waals surface area contributed by atoms with Gasteiger partial charge in [-0.3, -0.25) is 14.9 Å². The second-order valence-electron chi connectivity index (χ2n) is 2.30. The van der Waals surface area contributed by atoms with Gasteiger partial charge >= 0.3 is 11.2 Å². The van der Waals surface area contributed by atoms with E-state index in [1.54, 1.807) is 0 Å². The second kappa shape index (κ2) is 2.81. The molecule has 0 spiro atoms. The zero-order valence-corrected chi connectivity index (χ0v) is 6.33. The monoisotopic (exact) mass is 164 g/mol. The first-order valence-corrected chi connectivity index (χ1v) is 3.16. The lowest BCUT2D eigenvalue weighted by atomic mass is 9.93. The number of pyridine rings is 1. The van der Waals surface area contributed by atoms with Gasteiger partial charge in [0.25, 0.3) is 0 Å². The van der Waals surface area contributed by atoms with Crippen molar-refractivity contribution in [2.45, 2.75) is 6.92 Å². The molecule has 0 unspecified atom stereocenters. The first-order valence-electron chi connectivity index (χ1n) is 3.16. The summed E-state index contributed by atoms with van der Waals surface area (Å²) in [4.78, 5) is 22.6. The average Bonchev–Trinajstić information content (AvgIpc) is 1.97. The van der Waals surface area contributed by atoms with Gasteiger partial charge < -0.3 is 4.98 Å². The Hall–Kier alpha value is -1.59.